The van der Waals surface area contributed by atoms with Crippen LogP contribution in [0, 0.1) is 11.8 Å². The summed E-state index contributed by atoms with van der Waals surface area (Å²) in [5, 5.41) is 3.29. The van der Waals surface area contributed by atoms with Gasteiger partial charge in [0.1, 0.15) is 0 Å². The molecular formula is C12H24N2. The zero-order valence-electron chi connectivity index (χ0n) is 9.47. The van der Waals surface area contributed by atoms with Crippen molar-refractivity contribution in [2.24, 2.45) is 11.8 Å². The molecule has 2 heteroatoms. The van der Waals surface area contributed by atoms with Crippen molar-refractivity contribution >= 4 is 0 Å². The molecule has 0 spiro atoms. The normalized spacial score (nSPS) is 34.1. The largest absolute Gasteiger partial charge is 0.319 e. The lowest BCUT2D eigenvalue weighted by atomic mass is 10.2. The average molecular weight is 196 g/mol. The SMILES string of the molecule is CNC[C@@H]1C[C@@H]1CN1CCCCCC1. The highest BCUT2D eigenvalue weighted by atomic mass is 15.1. The van der Waals surface area contributed by atoms with E-state index in [1.807, 2.05) is 0 Å². The second-order valence-corrected chi connectivity index (χ2v) is 5.03. The van der Waals surface area contributed by atoms with E-state index in [0.29, 0.717) is 0 Å². The van der Waals surface area contributed by atoms with Crippen molar-refractivity contribution in [2.75, 3.05) is 33.2 Å². The van der Waals surface area contributed by atoms with Gasteiger partial charge < -0.3 is 10.2 Å². The van der Waals surface area contributed by atoms with Gasteiger partial charge in [0, 0.05) is 6.54 Å². The van der Waals surface area contributed by atoms with Gasteiger partial charge in [-0.15, -0.1) is 0 Å². The quantitative estimate of drug-likeness (QED) is 0.736. The Balaban J connectivity index is 1.65. The van der Waals surface area contributed by atoms with Crippen molar-refractivity contribution < 1.29 is 0 Å². The summed E-state index contributed by atoms with van der Waals surface area (Å²) in [6.07, 6.45) is 7.26. The van der Waals surface area contributed by atoms with E-state index in [2.05, 4.69) is 17.3 Å². The Morgan fingerprint density at radius 3 is 2.43 bits per heavy atom. The van der Waals surface area contributed by atoms with Gasteiger partial charge in [0.25, 0.3) is 0 Å². The Morgan fingerprint density at radius 1 is 1.07 bits per heavy atom. The van der Waals surface area contributed by atoms with Crippen molar-refractivity contribution in [1.29, 1.82) is 0 Å². The standard InChI is InChI=1S/C12H24N2/c1-13-9-11-8-12(11)10-14-6-4-2-3-5-7-14/h11-13H,2-10H2,1H3/t11-,12+/m0/s1. The van der Waals surface area contributed by atoms with Gasteiger partial charge in [0.15, 0.2) is 0 Å². The van der Waals surface area contributed by atoms with Crippen molar-refractivity contribution in [1.82, 2.24) is 10.2 Å². The summed E-state index contributed by atoms with van der Waals surface area (Å²) in [4.78, 5) is 2.70. The molecule has 0 unspecified atom stereocenters. The fourth-order valence-corrected chi connectivity index (χ4v) is 2.70. The van der Waals surface area contributed by atoms with Crippen LogP contribution in [0.4, 0.5) is 0 Å². The molecule has 14 heavy (non-hydrogen) atoms. The van der Waals surface area contributed by atoms with Gasteiger partial charge in [0.2, 0.25) is 0 Å². The number of nitrogens with zero attached hydrogens (tertiary/aromatic N) is 1. The molecule has 0 radical (unpaired) electrons. The van der Waals surface area contributed by atoms with E-state index in [1.165, 1.54) is 58.3 Å². The first-order valence-corrected chi connectivity index (χ1v) is 6.27. The molecule has 0 aromatic heterocycles. The summed E-state index contributed by atoms with van der Waals surface area (Å²) < 4.78 is 0. The van der Waals surface area contributed by atoms with Crippen LogP contribution in [-0.4, -0.2) is 38.1 Å². The molecule has 0 aromatic carbocycles. The van der Waals surface area contributed by atoms with Crippen LogP contribution in [0.15, 0.2) is 0 Å². The van der Waals surface area contributed by atoms with Crippen molar-refractivity contribution in [3.8, 4) is 0 Å². The minimum absolute atomic E-state index is 0.989. The minimum atomic E-state index is 0.989. The maximum absolute atomic E-state index is 3.29. The third-order valence-corrected chi connectivity index (χ3v) is 3.73. The van der Waals surface area contributed by atoms with Crippen LogP contribution < -0.4 is 5.32 Å². The Morgan fingerprint density at radius 2 is 1.79 bits per heavy atom. The highest BCUT2D eigenvalue weighted by molar-refractivity contribution is 4.89. The lowest BCUT2D eigenvalue weighted by Gasteiger charge is -2.19. The molecule has 1 heterocycles. The van der Waals surface area contributed by atoms with Gasteiger partial charge in [-0.2, -0.15) is 0 Å². The van der Waals surface area contributed by atoms with E-state index >= 15 is 0 Å². The Labute approximate surface area is 88.1 Å². The number of hydrogen-bond donors (Lipinski definition) is 1. The topological polar surface area (TPSA) is 15.3 Å². The number of hydrogen-bond acceptors (Lipinski definition) is 2. The Bertz CT molecular complexity index is 162. The summed E-state index contributed by atoms with van der Waals surface area (Å²) >= 11 is 0. The van der Waals surface area contributed by atoms with Gasteiger partial charge in [-0.1, -0.05) is 12.8 Å². The van der Waals surface area contributed by atoms with E-state index in [0.717, 1.165) is 11.8 Å². The van der Waals surface area contributed by atoms with E-state index < -0.39 is 0 Å². The first-order chi connectivity index (χ1) is 6.90. The number of rotatable bonds is 4. The molecule has 1 aliphatic heterocycles. The predicted molar refractivity (Wildman–Crippen MR) is 60.4 cm³/mol. The maximum atomic E-state index is 3.29. The molecule has 2 rings (SSSR count). The lowest BCUT2D eigenvalue weighted by Crippen LogP contribution is -2.27. The number of nitrogens with one attached hydrogen (secondary N) is 1. The van der Waals surface area contributed by atoms with Crippen LogP contribution in [0.1, 0.15) is 32.1 Å². The molecule has 1 saturated heterocycles. The highest BCUT2D eigenvalue weighted by Gasteiger charge is 2.37. The van der Waals surface area contributed by atoms with E-state index in [9.17, 15) is 0 Å². The maximum Gasteiger partial charge on any atom is 0.00129 e. The van der Waals surface area contributed by atoms with Gasteiger partial charge in [-0.25, -0.2) is 0 Å². The van der Waals surface area contributed by atoms with E-state index in [1.54, 1.807) is 0 Å². The van der Waals surface area contributed by atoms with Crippen molar-refractivity contribution in [3.05, 3.63) is 0 Å². The van der Waals surface area contributed by atoms with Crippen LogP contribution >= 0.6 is 0 Å². The van der Waals surface area contributed by atoms with E-state index in [4.69, 9.17) is 0 Å². The first-order valence-electron chi connectivity index (χ1n) is 6.27. The first kappa shape index (κ1) is 10.4. The van der Waals surface area contributed by atoms with Crippen LogP contribution in [0.5, 0.6) is 0 Å². The second-order valence-electron chi connectivity index (χ2n) is 5.03. The molecule has 0 bridgehead atoms. The molecule has 0 amide bonds. The average Bonchev–Trinajstić information content (AvgIpc) is 2.93. The summed E-state index contributed by atoms with van der Waals surface area (Å²) in [5.41, 5.74) is 0. The highest BCUT2D eigenvalue weighted by Crippen LogP contribution is 2.38. The third kappa shape index (κ3) is 2.96. The van der Waals surface area contributed by atoms with E-state index in [-0.39, 0.29) is 0 Å². The van der Waals surface area contributed by atoms with Crippen LogP contribution in [0.2, 0.25) is 0 Å². The molecular weight excluding hydrogens is 172 g/mol. The fourth-order valence-electron chi connectivity index (χ4n) is 2.70. The smallest absolute Gasteiger partial charge is 0.00129 e. The van der Waals surface area contributed by atoms with Crippen molar-refractivity contribution in [3.63, 3.8) is 0 Å². The summed E-state index contributed by atoms with van der Waals surface area (Å²) in [7, 11) is 2.07. The number of likely N-dealkylation sites (tertiary alicyclic amines) is 1. The molecule has 2 fully saturated rings. The van der Waals surface area contributed by atoms with Crippen LogP contribution in [0.3, 0.4) is 0 Å². The molecule has 2 atom stereocenters. The van der Waals surface area contributed by atoms with Gasteiger partial charge >= 0.3 is 0 Å². The third-order valence-electron chi connectivity index (χ3n) is 3.73. The van der Waals surface area contributed by atoms with Crippen LogP contribution in [0.25, 0.3) is 0 Å². The zero-order chi connectivity index (χ0) is 9.80. The molecule has 82 valence electrons. The molecule has 1 N–H and O–H groups in total. The van der Waals surface area contributed by atoms with Gasteiger partial charge in [-0.05, 0) is 57.8 Å². The van der Waals surface area contributed by atoms with Crippen molar-refractivity contribution in [2.45, 2.75) is 32.1 Å². The fraction of sp³-hybridized carbons (Fsp3) is 1.00. The lowest BCUT2D eigenvalue weighted by molar-refractivity contribution is 0.268. The molecule has 2 aliphatic rings. The Hall–Kier alpha value is -0.0800. The molecule has 0 aromatic rings. The predicted octanol–water partition coefficient (Wildman–Crippen LogP) is 1.72. The summed E-state index contributed by atoms with van der Waals surface area (Å²) in [6.45, 7) is 5.34. The zero-order valence-corrected chi connectivity index (χ0v) is 9.47. The summed E-state index contributed by atoms with van der Waals surface area (Å²) in [6, 6.07) is 0. The minimum Gasteiger partial charge on any atom is -0.319 e. The molecule has 2 nitrogen and oxygen atoms in total. The molecule has 1 aliphatic carbocycles. The monoisotopic (exact) mass is 196 g/mol. The molecule has 1 saturated carbocycles. The second kappa shape index (κ2) is 5.13. The van der Waals surface area contributed by atoms with Gasteiger partial charge in [0.05, 0.1) is 0 Å². The Kier molecular flexibility index (Phi) is 3.82. The summed E-state index contributed by atoms with van der Waals surface area (Å²) in [5.74, 6) is 2.00. The van der Waals surface area contributed by atoms with Crippen LogP contribution in [-0.2, 0) is 0 Å². The van der Waals surface area contributed by atoms with Gasteiger partial charge in [-0.3, -0.25) is 0 Å².